The van der Waals surface area contributed by atoms with E-state index >= 15 is 0 Å². The van der Waals surface area contributed by atoms with E-state index in [1.54, 1.807) is 25.1 Å². The van der Waals surface area contributed by atoms with Gasteiger partial charge < -0.3 is 10.1 Å². The number of carbonyl (C=O) groups is 2. The first-order valence-corrected chi connectivity index (χ1v) is 5.29. The van der Waals surface area contributed by atoms with Gasteiger partial charge in [-0.1, -0.05) is 12.1 Å². The van der Waals surface area contributed by atoms with Gasteiger partial charge in [0.25, 0.3) is 0 Å². The molecule has 0 bridgehead atoms. The lowest BCUT2D eigenvalue weighted by Gasteiger charge is -2.05. The minimum absolute atomic E-state index is 0.144. The summed E-state index contributed by atoms with van der Waals surface area (Å²) in [4.78, 5) is 21.8. The molecule has 96 valence electrons. The lowest BCUT2D eigenvalue weighted by molar-refractivity contribution is -0.114. The van der Waals surface area contributed by atoms with Gasteiger partial charge in [-0.05, 0) is 24.6 Å². The fourth-order valence-electron chi connectivity index (χ4n) is 1.26. The van der Waals surface area contributed by atoms with E-state index in [0.29, 0.717) is 11.4 Å². The average Bonchev–Trinajstić information content (AvgIpc) is 2.35. The van der Waals surface area contributed by atoms with Gasteiger partial charge in [-0.3, -0.25) is 4.79 Å². The summed E-state index contributed by atoms with van der Waals surface area (Å²) in [5, 5.41) is 6.53. The van der Waals surface area contributed by atoms with E-state index in [4.69, 9.17) is 0 Å². The van der Waals surface area contributed by atoms with Crippen LogP contribution >= 0.6 is 0 Å². The fraction of sp³-hybridized carbons (Fsp3) is 0.250. The Morgan fingerprint density at radius 1 is 1.28 bits per heavy atom. The molecular weight excluding hydrogens is 234 g/mol. The normalized spacial score (nSPS) is 10.7. The van der Waals surface area contributed by atoms with Crippen molar-refractivity contribution >= 4 is 23.4 Å². The molecular formula is C12H15N3O3. The highest BCUT2D eigenvalue weighted by molar-refractivity contribution is 6.00. The number of amides is 2. The lowest BCUT2D eigenvalue weighted by atomic mass is 10.1. The average molecular weight is 249 g/mol. The Hall–Kier alpha value is -2.37. The van der Waals surface area contributed by atoms with E-state index < -0.39 is 6.09 Å². The van der Waals surface area contributed by atoms with Crippen molar-refractivity contribution in [3.05, 3.63) is 29.8 Å². The van der Waals surface area contributed by atoms with Crippen LogP contribution in [0.5, 0.6) is 0 Å². The summed E-state index contributed by atoms with van der Waals surface area (Å²) in [6, 6.07) is 7.14. The second-order valence-electron chi connectivity index (χ2n) is 3.56. The molecule has 0 unspecified atom stereocenters. The number of carbonyl (C=O) groups excluding carboxylic acids is 2. The predicted octanol–water partition coefficient (Wildman–Crippen LogP) is 1.72. The van der Waals surface area contributed by atoms with E-state index in [1.165, 1.54) is 14.0 Å². The zero-order valence-electron chi connectivity index (χ0n) is 10.5. The van der Waals surface area contributed by atoms with Gasteiger partial charge in [0, 0.05) is 12.6 Å². The highest BCUT2D eigenvalue weighted by atomic mass is 16.5. The molecule has 0 aliphatic rings. The van der Waals surface area contributed by atoms with Gasteiger partial charge in [0.1, 0.15) is 0 Å². The molecule has 1 rings (SSSR count). The quantitative estimate of drug-likeness (QED) is 0.632. The number of hydrazone groups is 1. The van der Waals surface area contributed by atoms with Crippen molar-refractivity contribution in [3.8, 4) is 0 Å². The predicted molar refractivity (Wildman–Crippen MR) is 68.5 cm³/mol. The first-order valence-electron chi connectivity index (χ1n) is 5.29. The van der Waals surface area contributed by atoms with Gasteiger partial charge in [0.05, 0.1) is 12.8 Å². The van der Waals surface area contributed by atoms with Crippen LogP contribution in [0.4, 0.5) is 10.5 Å². The number of benzene rings is 1. The molecule has 1 aromatic carbocycles. The summed E-state index contributed by atoms with van der Waals surface area (Å²) >= 11 is 0. The summed E-state index contributed by atoms with van der Waals surface area (Å²) in [6.45, 7) is 3.18. The Labute approximate surface area is 105 Å². The molecule has 0 heterocycles. The van der Waals surface area contributed by atoms with E-state index in [-0.39, 0.29) is 5.91 Å². The smallest absolute Gasteiger partial charge is 0.427 e. The zero-order chi connectivity index (χ0) is 13.5. The van der Waals surface area contributed by atoms with Gasteiger partial charge in [0.15, 0.2) is 0 Å². The zero-order valence-corrected chi connectivity index (χ0v) is 10.5. The number of nitrogens with one attached hydrogen (secondary N) is 2. The fourth-order valence-corrected chi connectivity index (χ4v) is 1.26. The third-order valence-electron chi connectivity index (χ3n) is 2.10. The Kier molecular flexibility index (Phi) is 4.86. The second kappa shape index (κ2) is 6.39. The summed E-state index contributed by atoms with van der Waals surface area (Å²) in [7, 11) is 1.26. The minimum atomic E-state index is -0.632. The van der Waals surface area contributed by atoms with Crippen LogP contribution in [-0.2, 0) is 9.53 Å². The number of hydrogen-bond acceptors (Lipinski definition) is 4. The van der Waals surface area contributed by atoms with Crippen molar-refractivity contribution in [1.29, 1.82) is 0 Å². The lowest BCUT2D eigenvalue weighted by Crippen LogP contribution is -2.18. The topological polar surface area (TPSA) is 79.8 Å². The van der Waals surface area contributed by atoms with Crippen LogP contribution in [-0.4, -0.2) is 24.8 Å². The number of methoxy groups -OCH3 is 1. The summed E-state index contributed by atoms with van der Waals surface area (Å²) in [5.74, 6) is -0.144. The molecule has 0 saturated heterocycles. The molecule has 6 nitrogen and oxygen atoms in total. The molecule has 0 spiro atoms. The Balaban J connectivity index is 2.82. The largest absolute Gasteiger partial charge is 0.452 e. The Morgan fingerprint density at radius 2 is 2.00 bits per heavy atom. The van der Waals surface area contributed by atoms with E-state index in [0.717, 1.165) is 5.56 Å². The van der Waals surface area contributed by atoms with Gasteiger partial charge in [-0.2, -0.15) is 5.10 Å². The van der Waals surface area contributed by atoms with E-state index in [1.807, 2.05) is 6.07 Å². The van der Waals surface area contributed by atoms with Crippen molar-refractivity contribution in [1.82, 2.24) is 5.43 Å². The van der Waals surface area contributed by atoms with E-state index in [2.05, 4.69) is 20.6 Å². The highest BCUT2D eigenvalue weighted by Gasteiger charge is 2.02. The van der Waals surface area contributed by atoms with Crippen LogP contribution < -0.4 is 10.7 Å². The molecule has 18 heavy (non-hydrogen) atoms. The van der Waals surface area contributed by atoms with Crippen molar-refractivity contribution in [2.75, 3.05) is 12.4 Å². The number of rotatable bonds is 3. The van der Waals surface area contributed by atoms with Crippen LogP contribution in [0.25, 0.3) is 0 Å². The first-order chi connectivity index (χ1) is 8.52. The van der Waals surface area contributed by atoms with Crippen molar-refractivity contribution in [2.24, 2.45) is 5.10 Å². The summed E-state index contributed by atoms with van der Waals surface area (Å²) in [5.41, 5.74) is 4.30. The van der Waals surface area contributed by atoms with Crippen LogP contribution in [0, 0.1) is 0 Å². The number of nitrogens with zero attached hydrogens (tertiary/aromatic N) is 1. The summed E-state index contributed by atoms with van der Waals surface area (Å²) in [6.07, 6.45) is -0.632. The van der Waals surface area contributed by atoms with Crippen molar-refractivity contribution in [2.45, 2.75) is 13.8 Å². The maximum Gasteiger partial charge on any atom is 0.427 e. The maximum atomic E-state index is 10.9. The molecule has 0 saturated carbocycles. The molecule has 6 heteroatoms. The van der Waals surface area contributed by atoms with Crippen LogP contribution in [0.2, 0.25) is 0 Å². The van der Waals surface area contributed by atoms with Crippen molar-refractivity contribution < 1.29 is 14.3 Å². The number of hydrogen-bond donors (Lipinski definition) is 2. The minimum Gasteiger partial charge on any atom is -0.452 e. The Morgan fingerprint density at radius 3 is 2.61 bits per heavy atom. The highest BCUT2D eigenvalue weighted by Crippen LogP contribution is 2.11. The Bertz CT molecular complexity index is 483. The SMILES string of the molecule is COC(=O)N/N=C(\C)c1cccc(NC(C)=O)c1. The third kappa shape index (κ3) is 4.25. The molecule has 0 radical (unpaired) electrons. The molecule has 0 aliphatic carbocycles. The number of ether oxygens (including phenoxy) is 1. The molecule has 2 amide bonds. The van der Waals surface area contributed by atoms with Gasteiger partial charge in [-0.15, -0.1) is 0 Å². The maximum absolute atomic E-state index is 10.9. The molecule has 2 N–H and O–H groups in total. The van der Waals surface area contributed by atoms with Crippen molar-refractivity contribution in [3.63, 3.8) is 0 Å². The van der Waals surface area contributed by atoms with Crippen LogP contribution in [0.3, 0.4) is 0 Å². The second-order valence-corrected chi connectivity index (χ2v) is 3.56. The van der Waals surface area contributed by atoms with Gasteiger partial charge >= 0.3 is 6.09 Å². The summed E-state index contributed by atoms with van der Waals surface area (Å²) < 4.78 is 4.40. The van der Waals surface area contributed by atoms with Gasteiger partial charge in [-0.25, -0.2) is 10.2 Å². The molecule has 0 atom stereocenters. The van der Waals surface area contributed by atoms with E-state index in [9.17, 15) is 9.59 Å². The third-order valence-corrected chi connectivity index (χ3v) is 2.10. The number of anilines is 1. The van der Waals surface area contributed by atoms with Crippen LogP contribution in [0.15, 0.2) is 29.4 Å². The standard InChI is InChI=1S/C12H15N3O3/c1-8(14-15-12(17)18-3)10-5-4-6-11(7-10)13-9(2)16/h4-7H,1-3H3,(H,13,16)(H,15,17)/b14-8+. The first kappa shape index (κ1) is 13.7. The van der Waals surface area contributed by atoms with Gasteiger partial charge in [0.2, 0.25) is 5.91 Å². The molecule has 0 aliphatic heterocycles. The molecule has 0 fully saturated rings. The van der Waals surface area contributed by atoms with Crippen LogP contribution in [0.1, 0.15) is 19.4 Å². The molecule has 1 aromatic rings. The monoisotopic (exact) mass is 249 g/mol. The molecule has 0 aromatic heterocycles.